The molecule has 0 saturated carbocycles. The average Bonchev–Trinajstić information content (AvgIpc) is 3.11. The van der Waals surface area contributed by atoms with Crippen LogP contribution in [-0.2, 0) is 4.79 Å². The zero-order valence-electron chi connectivity index (χ0n) is 14.8. The van der Waals surface area contributed by atoms with Crippen LogP contribution in [0.4, 0.5) is 5.69 Å². The lowest BCUT2D eigenvalue weighted by molar-refractivity contribution is -0.113. The van der Waals surface area contributed by atoms with Crippen molar-refractivity contribution in [3.63, 3.8) is 0 Å². The van der Waals surface area contributed by atoms with Crippen molar-refractivity contribution in [1.29, 1.82) is 0 Å². The third-order valence-corrected chi connectivity index (χ3v) is 4.66. The molecular weight excluding hydrogens is 350 g/mol. The predicted octanol–water partition coefficient (Wildman–Crippen LogP) is 3.02. The van der Waals surface area contributed by atoms with Gasteiger partial charge in [-0.25, -0.2) is 0 Å². The van der Waals surface area contributed by atoms with Gasteiger partial charge in [0.25, 0.3) is 0 Å². The topological polar surface area (TPSA) is 81.9 Å². The minimum atomic E-state index is -0.129. The molecular formula is C18H19N5O2S. The highest BCUT2D eigenvalue weighted by Gasteiger charge is 2.13. The first kappa shape index (κ1) is 17.9. The van der Waals surface area contributed by atoms with Crippen molar-refractivity contribution in [2.75, 3.05) is 18.2 Å². The Balaban J connectivity index is 1.66. The highest BCUT2D eigenvalue weighted by molar-refractivity contribution is 7.99. The molecule has 0 radical (unpaired) electrons. The number of aryl methyl sites for hydroxylation is 2. The van der Waals surface area contributed by atoms with Crippen molar-refractivity contribution in [2.45, 2.75) is 19.0 Å². The number of anilines is 1. The molecule has 0 spiro atoms. The summed E-state index contributed by atoms with van der Waals surface area (Å²) in [6.45, 7) is 4.02. The SMILES string of the molecule is COc1ccc(NC(=O)CSc2nnnn2-c2cc(C)ccc2C)cc1. The molecule has 1 aromatic heterocycles. The summed E-state index contributed by atoms with van der Waals surface area (Å²) in [5.74, 6) is 0.817. The van der Waals surface area contributed by atoms with Gasteiger partial charge < -0.3 is 10.1 Å². The minimum absolute atomic E-state index is 0.129. The van der Waals surface area contributed by atoms with E-state index in [9.17, 15) is 4.79 Å². The summed E-state index contributed by atoms with van der Waals surface area (Å²) in [5.41, 5.74) is 3.81. The third-order valence-electron chi connectivity index (χ3n) is 3.74. The number of benzene rings is 2. The Labute approximate surface area is 155 Å². The van der Waals surface area contributed by atoms with E-state index >= 15 is 0 Å². The quantitative estimate of drug-likeness (QED) is 0.673. The molecule has 0 atom stereocenters. The Morgan fingerprint density at radius 3 is 2.69 bits per heavy atom. The van der Waals surface area contributed by atoms with E-state index in [1.807, 2.05) is 32.0 Å². The fraction of sp³-hybridized carbons (Fsp3) is 0.222. The van der Waals surface area contributed by atoms with E-state index in [0.29, 0.717) is 10.8 Å². The monoisotopic (exact) mass is 369 g/mol. The molecule has 134 valence electrons. The zero-order chi connectivity index (χ0) is 18.5. The molecule has 0 bridgehead atoms. The molecule has 8 heteroatoms. The van der Waals surface area contributed by atoms with Gasteiger partial charge in [0.15, 0.2) is 0 Å². The van der Waals surface area contributed by atoms with Gasteiger partial charge in [-0.1, -0.05) is 23.9 Å². The Bertz CT molecular complexity index is 908. The summed E-state index contributed by atoms with van der Waals surface area (Å²) >= 11 is 1.29. The fourth-order valence-corrected chi connectivity index (χ4v) is 3.05. The van der Waals surface area contributed by atoms with Crippen molar-refractivity contribution >= 4 is 23.4 Å². The van der Waals surface area contributed by atoms with E-state index in [0.717, 1.165) is 22.6 Å². The summed E-state index contributed by atoms with van der Waals surface area (Å²) < 4.78 is 6.76. The van der Waals surface area contributed by atoms with Crippen molar-refractivity contribution in [3.05, 3.63) is 53.6 Å². The van der Waals surface area contributed by atoms with Crippen molar-refractivity contribution in [3.8, 4) is 11.4 Å². The number of thioether (sulfide) groups is 1. The standard InChI is InChI=1S/C18H19N5O2S/c1-12-4-5-13(2)16(10-12)23-18(20-21-22-23)26-11-17(24)19-14-6-8-15(25-3)9-7-14/h4-10H,11H2,1-3H3,(H,19,24). The molecule has 1 N–H and O–H groups in total. The molecule has 0 fully saturated rings. The summed E-state index contributed by atoms with van der Waals surface area (Å²) in [4.78, 5) is 12.2. The number of hydrogen-bond donors (Lipinski definition) is 1. The van der Waals surface area contributed by atoms with Crippen LogP contribution in [0.5, 0.6) is 5.75 Å². The number of rotatable bonds is 6. The number of nitrogens with one attached hydrogen (secondary N) is 1. The van der Waals surface area contributed by atoms with Crippen molar-refractivity contribution in [2.24, 2.45) is 0 Å². The zero-order valence-corrected chi connectivity index (χ0v) is 15.6. The smallest absolute Gasteiger partial charge is 0.234 e. The number of amides is 1. The van der Waals surface area contributed by atoms with Crippen molar-refractivity contribution in [1.82, 2.24) is 20.2 Å². The molecule has 3 aromatic rings. The van der Waals surface area contributed by atoms with Gasteiger partial charge in [-0.15, -0.1) is 5.10 Å². The van der Waals surface area contributed by atoms with Crippen LogP contribution in [-0.4, -0.2) is 39.0 Å². The summed E-state index contributed by atoms with van der Waals surface area (Å²) in [7, 11) is 1.60. The first-order chi connectivity index (χ1) is 12.6. The Morgan fingerprint density at radius 1 is 1.19 bits per heavy atom. The Kier molecular flexibility index (Phi) is 5.52. The van der Waals surface area contributed by atoms with Gasteiger partial charge in [-0.3, -0.25) is 4.79 Å². The normalized spacial score (nSPS) is 10.6. The van der Waals surface area contributed by atoms with Gasteiger partial charge in [-0.2, -0.15) is 4.68 Å². The van der Waals surface area contributed by atoms with Gasteiger partial charge in [0.2, 0.25) is 11.1 Å². The number of aromatic nitrogens is 4. The molecule has 0 aliphatic heterocycles. The van der Waals surface area contributed by atoms with Crippen LogP contribution in [0.25, 0.3) is 5.69 Å². The van der Waals surface area contributed by atoms with Gasteiger partial charge in [0.05, 0.1) is 18.6 Å². The maximum absolute atomic E-state index is 12.2. The number of nitrogens with zero attached hydrogens (tertiary/aromatic N) is 4. The second-order valence-corrected chi connectivity index (χ2v) is 6.67. The molecule has 1 heterocycles. The van der Waals surface area contributed by atoms with E-state index in [1.165, 1.54) is 11.8 Å². The Morgan fingerprint density at radius 2 is 1.96 bits per heavy atom. The van der Waals surface area contributed by atoms with Crippen LogP contribution in [0, 0.1) is 13.8 Å². The summed E-state index contributed by atoms with van der Waals surface area (Å²) in [6, 6.07) is 13.3. The molecule has 0 aliphatic carbocycles. The summed E-state index contributed by atoms with van der Waals surface area (Å²) in [6.07, 6.45) is 0. The Hall–Kier alpha value is -2.87. The highest BCUT2D eigenvalue weighted by atomic mass is 32.2. The number of ether oxygens (including phenoxy) is 1. The maximum Gasteiger partial charge on any atom is 0.234 e. The number of carbonyl (C=O) groups excluding carboxylic acids is 1. The lowest BCUT2D eigenvalue weighted by Crippen LogP contribution is -2.14. The van der Waals surface area contributed by atoms with Crippen molar-refractivity contribution < 1.29 is 9.53 Å². The van der Waals surface area contributed by atoms with E-state index in [2.05, 4.69) is 20.8 Å². The van der Waals surface area contributed by atoms with Crippen LogP contribution in [0.2, 0.25) is 0 Å². The van der Waals surface area contributed by atoms with E-state index in [-0.39, 0.29) is 11.7 Å². The largest absolute Gasteiger partial charge is 0.497 e. The molecule has 3 rings (SSSR count). The second-order valence-electron chi connectivity index (χ2n) is 5.73. The molecule has 0 saturated heterocycles. The summed E-state index contributed by atoms with van der Waals surface area (Å²) in [5, 5.41) is 15.3. The first-order valence-corrected chi connectivity index (χ1v) is 8.98. The number of carbonyl (C=O) groups is 1. The van der Waals surface area contributed by atoms with Gasteiger partial charge in [-0.05, 0) is 65.7 Å². The van der Waals surface area contributed by atoms with Gasteiger partial charge >= 0.3 is 0 Å². The number of methoxy groups -OCH3 is 1. The highest BCUT2D eigenvalue weighted by Crippen LogP contribution is 2.22. The average molecular weight is 369 g/mol. The first-order valence-electron chi connectivity index (χ1n) is 7.99. The maximum atomic E-state index is 12.2. The van der Waals surface area contributed by atoms with Crippen LogP contribution >= 0.6 is 11.8 Å². The van der Waals surface area contributed by atoms with Crippen LogP contribution in [0.1, 0.15) is 11.1 Å². The second kappa shape index (κ2) is 8.01. The van der Waals surface area contributed by atoms with Gasteiger partial charge in [0.1, 0.15) is 5.75 Å². The van der Waals surface area contributed by atoms with Crippen LogP contribution < -0.4 is 10.1 Å². The molecule has 7 nitrogen and oxygen atoms in total. The molecule has 0 aliphatic rings. The van der Waals surface area contributed by atoms with E-state index in [1.54, 1.807) is 36.1 Å². The lowest BCUT2D eigenvalue weighted by Gasteiger charge is -2.09. The predicted molar refractivity (Wildman–Crippen MR) is 101 cm³/mol. The lowest BCUT2D eigenvalue weighted by atomic mass is 10.1. The van der Waals surface area contributed by atoms with E-state index < -0.39 is 0 Å². The third kappa shape index (κ3) is 4.20. The molecule has 0 unspecified atom stereocenters. The van der Waals surface area contributed by atoms with Crippen LogP contribution in [0.15, 0.2) is 47.6 Å². The molecule has 1 amide bonds. The fourth-order valence-electron chi connectivity index (χ4n) is 2.37. The number of tetrazole rings is 1. The molecule has 26 heavy (non-hydrogen) atoms. The van der Waals surface area contributed by atoms with Gasteiger partial charge in [0, 0.05) is 5.69 Å². The number of hydrogen-bond acceptors (Lipinski definition) is 6. The minimum Gasteiger partial charge on any atom is -0.497 e. The van der Waals surface area contributed by atoms with E-state index in [4.69, 9.17) is 4.74 Å². The van der Waals surface area contributed by atoms with Crippen LogP contribution in [0.3, 0.4) is 0 Å². The molecule has 2 aromatic carbocycles.